The van der Waals surface area contributed by atoms with Gasteiger partial charge in [0.25, 0.3) is 0 Å². The molecule has 3 heteroatoms. The molecule has 0 heterocycles. The van der Waals surface area contributed by atoms with Crippen LogP contribution in [0.2, 0.25) is 0 Å². The lowest BCUT2D eigenvalue weighted by atomic mass is 9.89. The second-order valence-corrected chi connectivity index (χ2v) is 6.95. The van der Waals surface area contributed by atoms with Crippen molar-refractivity contribution in [1.29, 1.82) is 0 Å². The molecule has 2 N–H and O–H groups in total. The van der Waals surface area contributed by atoms with Gasteiger partial charge < -0.3 is 10.5 Å². The van der Waals surface area contributed by atoms with Crippen LogP contribution in [0.3, 0.4) is 0 Å². The van der Waals surface area contributed by atoms with E-state index in [0.717, 1.165) is 41.0 Å². The Morgan fingerprint density at radius 1 is 1.26 bits per heavy atom. The average molecular weight is 324 g/mol. The van der Waals surface area contributed by atoms with Gasteiger partial charge in [0.1, 0.15) is 5.75 Å². The first kappa shape index (κ1) is 13.4. The first-order chi connectivity index (χ1) is 9.26. The van der Waals surface area contributed by atoms with Crippen LogP contribution in [0.15, 0.2) is 22.7 Å². The zero-order valence-corrected chi connectivity index (χ0v) is 12.9. The highest BCUT2D eigenvalue weighted by Gasteiger charge is 2.39. The van der Waals surface area contributed by atoms with Crippen LogP contribution < -0.4 is 10.5 Å². The smallest absolute Gasteiger partial charge is 0.122 e. The summed E-state index contributed by atoms with van der Waals surface area (Å²) in [5, 5.41) is 0. The average Bonchev–Trinajstić information content (AvgIpc) is 3.00. The van der Waals surface area contributed by atoms with Gasteiger partial charge in [-0.3, -0.25) is 0 Å². The van der Waals surface area contributed by atoms with E-state index >= 15 is 0 Å². The molecule has 3 rings (SSSR count). The molecule has 0 spiro atoms. The van der Waals surface area contributed by atoms with Gasteiger partial charge in [0.15, 0.2) is 0 Å². The third-order valence-electron chi connectivity index (χ3n) is 4.77. The van der Waals surface area contributed by atoms with Crippen molar-refractivity contribution in [3.8, 4) is 5.75 Å². The molecule has 0 amide bonds. The normalized spacial score (nSPS) is 28.8. The van der Waals surface area contributed by atoms with Crippen LogP contribution >= 0.6 is 15.9 Å². The molecule has 2 nitrogen and oxygen atoms in total. The van der Waals surface area contributed by atoms with E-state index in [4.69, 9.17) is 10.5 Å². The minimum absolute atomic E-state index is 0.668. The van der Waals surface area contributed by atoms with Gasteiger partial charge in [-0.2, -0.15) is 0 Å². The Morgan fingerprint density at radius 3 is 2.84 bits per heavy atom. The highest BCUT2D eigenvalue weighted by Crippen LogP contribution is 2.48. The molecule has 1 aromatic rings. The van der Waals surface area contributed by atoms with Gasteiger partial charge in [0.05, 0.1) is 6.61 Å². The van der Waals surface area contributed by atoms with E-state index in [2.05, 4.69) is 34.1 Å². The predicted octanol–water partition coefficient (Wildman–Crippen LogP) is 3.77. The minimum atomic E-state index is 0.668. The van der Waals surface area contributed by atoms with E-state index in [0.29, 0.717) is 6.54 Å². The maximum atomic E-state index is 6.10. The maximum Gasteiger partial charge on any atom is 0.122 e. The van der Waals surface area contributed by atoms with Crippen molar-refractivity contribution in [3.05, 3.63) is 28.2 Å². The van der Waals surface area contributed by atoms with Crippen LogP contribution in [0, 0.1) is 17.8 Å². The Hall–Kier alpha value is -0.540. The topological polar surface area (TPSA) is 35.2 Å². The number of rotatable bonds is 5. The monoisotopic (exact) mass is 323 g/mol. The molecule has 2 aliphatic carbocycles. The van der Waals surface area contributed by atoms with Crippen LogP contribution in [0.1, 0.15) is 31.2 Å². The summed E-state index contributed by atoms with van der Waals surface area (Å²) >= 11 is 3.51. The van der Waals surface area contributed by atoms with Crippen molar-refractivity contribution in [2.75, 3.05) is 13.2 Å². The summed E-state index contributed by atoms with van der Waals surface area (Å²) in [6.07, 6.45) is 6.59. The van der Waals surface area contributed by atoms with Gasteiger partial charge in [-0.25, -0.2) is 0 Å². The summed E-state index contributed by atoms with van der Waals surface area (Å²) in [5.41, 5.74) is 6.90. The lowest BCUT2D eigenvalue weighted by Crippen LogP contribution is -2.19. The number of hydrogen-bond donors (Lipinski definition) is 1. The summed E-state index contributed by atoms with van der Waals surface area (Å²) in [5.74, 6) is 3.73. The lowest BCUT2D eigenvalue weighted by molar-refractivity contribution is 0.194. The first-order valence-corrected chi connectivity index (χ1v) is 8.17. The van der Waals surface area contributed by atoms with E-state index in [1.165, 1.54) is 31.2 Å². The molecule has 19 heavy (non-hydrogen) atoms. The number of halogens is 1. The summed E-state index contributed by atoms with van der Waals surface area (Å²) in [6, 6.07) is 6.25. The molecule has 3 atom stereocenters. The Morgan fingerprint density at radius 2 is 2.16 bits per heavy atom. The Labute approximate surface area is 123 Å². The summed E-state index contributed by atoms with van der Waals surface area (Å²) < 4.78 is 7.21. The molecule has 3 unspecified atom stereocenters. The number of ether oxygens (including phenoxy) is 1. The molecular formula is C16H22BrNO. The van der Waals surface area contributed by atoms with E-state index in [1.807, 2.05) is 0 Å². The van der Waals surface area contributed by atoms with Gasteiger partial charge in [0, 0.05) is 4.47 Å². The van der Waals surface area contributed by atoms with Crippen LogP contribution in [-0.4, -0.2) is 13.2 Å². The van der Waals surface area contributed by atoms with Gasteiger partial charge in [-0.15, -0.1) is 0 Å². The third-order valence-corrected chi connectivity index (χ3v) is 5.27. The van der Waals surface area contributed by atoms with Crippen molar-refractivity contribution < 1.29 is 4.74 Å². The largest absolute Gasteiger partial charge is 0.493 e. The number of benzene rings is 1. The predicted molar refractivity (Wildman–Crippen MR) is 81.3 cm³/mol. The van der Waals surface area contributed by atoms with Crippen LogP contribution in [0.4, 0.5) is 0 Å². The molecule has 2 saturated carbocycles. The molecule has 104 valence electrons. The Bertz CT molecular complexity index is 448. The molecule has 0 saturated heterocycles. The Kier molecular flexibility index (Phi) is 4.13. The SMILES string of the molecule is NCCc1cc(Br)ccc1OCC1CC2CCC1C2. The van der Waals surface area contributed by atoms with Gasteiger partial charge >= 0.3 is 0 Å². The molecule has 2 bridgehead atoms. The van der Waals surface area contributed by atoms with Gasteiger partial charge in [0.2, 0.25) is 0 Å². The molecular weight excluding hydrogens is 302 g/mol. The van der Waals surface area contributed by atoms with Crippen LogP contribution in [0.5, 0.6) is 5.75 Å². The van der Waals surface area contributed by atoms with E-state index in [1.54, 1.807) is 0 Å². The van der Waals surface area contributed by atoms with Gasteiger partial charge in [-0.1, -0.05) is 22.4 Å². The van der Waals surface area contributed by atoms with Crippen molar-refractivity contribution in [2.24, 2.45) is 23.5 Å². The maximum absolute atomic E-state index is 6.10. The second-order valence-electron chi connectivity index (χ2n) is 6.04. The number of hydrogen-bond acceptors (Lipinski definition) is 2. The number of fused-ring (bicyclic) bond motifs is 2. The van der Waals surface area contributed by atoms with Crippen molar-refractivity contribution in [1.82, 2.24) is 0 Å². The summed E-state index contributed by atoms with van der Waals surface area (Å²) in [4.78, 5) is 0. The molecule has 0 aromatic heterocycles. The molecule has 0 radical (unpaired) electrons. The second kappa shape index (κ2) is 5.84. The van der Waals surface area contributed by atoms with E-state index < -0.39 is 0 Å². The fourth-order valence-corrected chi connectivity index (χ4v) is 4.23. The molecule has 2 fully saturated rings. The standard InChI is InChI=1S/C16H22BrNO/c17-15-3-4-16(13(9-15)5-6-18)19-10-14-8-11-1-2-12(14)7-11/h3-4,9,11-12,14H,1-2,5-8,10,18H2. The van der Waals surface area contributed by atoms with Crippen molar-refractivity contribution >= 4 is 15.9 Å². The fourth-order valence-electron chi connectivity index (χ4n) is 3.82. The highest BCUT2D eigenvalue weighted by atomic mass is 79.9. The zero-order chi connectivity index (χ0) is 13.2. The minimum Gasteiger partial charge on any atom is -0.493 e. The van der Waals surface area contributed by atoms with Gasteiger partial charge in [-0.05, 0) is 73.7 Å². The van der Waals surface area contributed by atoms with Crippen molar-refractivity contribution in [2.45, 2.75) is 32.1 Å². The summed E-state index contributed by atoms with van der Waals surface area (Å²) in [7, 11) is 0. The number of nitrogens with two attached hydrogens (primary N) is 1. The van der Waals surface area contributed by atoms with Crippen LogP contribution in [-0.2, 0) is 6.42 Å². The molecule has 0 aliphatic heterocycles. The van der Waals surface area contributed by atoms with E-state index in [-0.39, 0.29) is 0 Å². The van der Waals surface area contributed by atoms with Crippen molar-refractivity contribution in [3.63, 3.8) is 0 Å². The molecule has 1 aromatic carbocycles. The fraction of sp³-hybridized carbons (Fsp3) is 0.625. The zero-order valence-electron chi connectivity index (χ0n) is 11.3. The van der Waals surface area contributed by atoms with Crippen LogP contribution in [0.25, 0.3) is 0 Å². The Balaban J connectivity index is 1.63. The quantitative estimate of drug-likeness (QED) is 0.895. The van der Waals surface area contributed by atoms with E-state index in [9.17, 15) is 0 Å². The highest BCUT2D eigenvalue weighted by molar-refractivity contribution is 9.10. The third kappa shape index (κ3) is 2.97. The first-order valence-electron chi connectivity index (χ1n) is 7.37. The summed E-state index contributed by atoms with van der Waals surface area (Å²) in [6.45, 7) is 1.56. The lowest BCUT2D eigenvalue weighted by Gasteiger charge is -2.22. The molecule has 2 aliphatic rings.